The van der Waals surface area contributed by atoms with Gasteiger partial charge in [0.2, 0.25) is 10.0 Å². The summed E-state index contributed by atoms with van der Waals surface area (Å²) in [6.45, 7) is 5.18. The van der Waals surface area contributed by atoms with Crippen LogP contribution < -0.4 is 4.74 Å². The Morgan fingerprint density at radius 3 is 2.23 bits per heavy atom. The van der Waals surface area contributed by atoms with Gasteiger partial charge in [-0.05, 0) is 56.4 Å². The SMILES string of the molecule is Cc1ccc(C=CS(=O)(=O)N2CCC(N3CCC(Oc4ccncc4)CC3)CC2)cc1. The fourth-order valence-corrected chi connectivity index (χ4v) is 5.58. The summed E-state index contributed by atoms with van der Waals surface area (Å²) < 4.78 is 33.1. The number of hydrogen-bond acceptors (Lipinski definition) is 5. The predicted octanol–water partition coefficient (Wildman–Crippen LogP) is 3.70. The van der Waals surface area contributed by atoms with Gasteiger partial charge in [-0.15, -0.1) is 0 Å². The van der Waals surface area contributed by atoms with E-state index in [1.54, 1.807) is 22.8 Å². The Labute approximate surface area is 185 Å². The van der Waals surface area contributed by atoms with Crippen LogP contribution in [0, 0.1) is 6.92 Å². The molecule has 7 heteroatoms. The Kier molecular flexibility index (Phi) is 7.05. The van der Waals surface area contributed by atoms with Crippen molar-refractivity contribution in [3.8, 4) is 5.75 Å². The zero-order valence-corrected chi connectivity index (χ0v) is 18.9. The van der Waals surface area contributed by atoms with Gasteiger partial charge < -0.3 is 9.64 Å². The molecule has 0 atom stereocenters. The second-order valence-corrected chi connectivity index (χ2v) is 10.2. The van der Waals surface area contributed by atoms with Crippen LogP contribution in [-0.2, 0) is 10.0 Å². The maximum absolute atomic E-state index is 12.7. The minimum Gasteiger partial charge on any atom is -0.490 e. The molecule has 0 spiro atoms. The van der Waals surface area contributed by atoms with Gasteiger partial charge in [0.25, 0.3) is 0 Å². The van der Waals surface area contributed by atoms with Crippen molar-refractivity contribution in [3.63, 3.8) is 0 Å². The van der Waals surface area contributed by atoms with Crippen LogP contribution in [0.1, 0.15) is 36.8 Å². The van der Waals surface area contributed by atoms with E-state index in [1.807, 2.05) is 43.3 Å². The minimum absolute atomic E-state index is 0.242. The third-order valence-corrected chi connectivity index (χ3v) is 7.80. The van der Waals surface area contributed by atoms with Crippen LogP contribution in [0.25, 0.3) is 6.08 Å². The lowest BCUT2D eigenvalue weighted by molar-refractivity contribution is 0.0586. The van der Waals surface area contributed by atoms with Crippen LogP contribution in [0.15, 0.2) is 54.2 Å². The smallest absolute Gasteiger partial charge is 0.236 e. The number of nitrogens with zero attached hydrogens (tertiary/aromatic N) is 3. The number of likely N-dealkylation sites (tertiary alicyclic amines) is 1. The van der Waals surface area contributed by atoms with Gasteiger partial charge in [-0.25, -0.2) is 8.42 Å². The van der Waals surface area contributed by atoms with Crippen LogP contribution in [-0.4, -0.2) is 60.9 Å². The van der Waals surface area contributed by atoms with E-state index in [1.165, 1.54) is 5.41 Å². The average molecular weight is 442 g/mol. The normalized spacial score (nSPS) is 20.3. The first-order chi connectivity index (χ1) is 15.0. The molecule has 2 aliphatic heterocycles. The van der Waals surface area contributed by atoms with Crippen LogP contribution >= 0.6 is 0 Å². The van der Waals surface area contributed by atoms with Gasteiger partial charge in [0.15, 0.2) is 0 Å². The highest BCUT2D eigenvalue weighted by Gasteiger charge is 2.31. The number of benzene rings is 1. The van der Waals surface area contributed by atoms with Crippen molar-refractivity contribution in [2.45, 2.75) is 44.8 Å². The molecule has 0 amide bonds. The molecule has 4 rings (SSSR count). The summed E-state index contributed by atoms with van der Waals surface area (Å²) >= 11 is 0. The first-order valence-electron chi connectivity index (χ1n) is 11.1. The molecule has 0 bridgehead atoms. The van der Waals surface area contributed by atoms with E-state index >= 15 is 0 Å². The molecule has 31 heavy (non-hydrogen) atoms. The number of piperidine rings is 2. The van der Waals surface area contributed by atoms with E-state index in [4.69, 9.17) is 4.74 Å². The molecule has 0 aliphatic carbocycles. The Balaban J connectivity index is 1.24. The van der Waals surface area contributed by atoms with Crippen molar-refractivity contribution in [1.82, 2.24) is 14.2 Å². The molecule has 0 radical (unpaired) electrons. The van der Waals surface area contributed by atoms with Gasteiger partial charge in [-0.1, -0.05) is 29.8 Å². The third-order valence-electron chi connectivity index (χ3n) is 6.24. The van der Waals surface area contributed by atoms with Crippen LogP contribution in [0.4, 0.5) is 0 Å². The zero-order chi connectivity index (χ0) is 21.7. The van der Waals surface area contributed by atoms with Crippen LogP contribution in [0.3, 0.4) is 0 Å². The van der Waals surface area contributed by atoms with Crippen molar-refractivity contribution >= 4 is 16.1 Å². The van der Waals surface area contributed by atoms with Crippen molar-refractivity contribution in [1.29, 1.82) is 0 Å². The third kappa shape index (κ3) is 5.93. The van der Waals surface area contributed by atoms with Crippen LogP contribution in [0.5, 0.6) is 5.75 Å². The number of sulfonamides is 1. The highest BCUT2D eigenvalue weighted by atomic mass is 32.2. The lowest BCUT2D eigenvalue weighted by Gasteiger charge is -2.41. The fourth-order valence-electron chi connectivity index (χ4n) is 4.36. The summed E-state index contributed by atoms with van der Waals surface area (Å²) in [7, 11) is -3.38. The number of aryl methyl sites for hydroxylation is 1. The fraction of sp³-hybridized carbons (Fsp3) is 0.458. The molecule has 2 aromatic rings. The number of aromatic nitrogens is 1. The van der Waals surface area contributed by atoms with E-state index in [2.05, 4.69) is 9.88 Å². The second kappa shape index (κ2) is 9.94. The van der Waals surface area contributed by atoms with Gasteiger partial charge in [0.05, 0.1) is 0 Å². The highest BCUT2D eigenvalue weighted by Crippen LogP contribution is 2.25. The van der Waals surface area contributed by atoms with Crippen molar-refractivity contribution in [2.24, 2.45) is 0 Å². The van der Waals surface area contributed by atoms with Gasteiger partial charge in [0.1, 0.15) is 11.9 Å². The first-order valence-corrected chi connectivity index (χ1v) is 12.6. The molecule has 166 valence electrons. The molecule has 3 heterocycles. The molecule has 2 saturated heterocycles. The van der Waals surface area contributed by atoms with Crippen molar-refractivity contribution in [3.05, 3.63) is 65.3 Å². The molecule has 0 unspecified atom stereocenters. The summed E-state index contributed by atoms with van der Waals surface area (Å²) in [4.78, 5) is 6.54. The van der Waals surface area contributed by atoms with E-state index in [-0.39, 0.29) is 6.10 Å². The predicted molar refractivity (Wildman–Crippen MR) is 123 cm³/mol. The number of pyridine rings is 1. The molecule has 0 saturated carbocycles. The average Bonchev–Trinajstić information content (AvgIpc) is 2.80. The van der Waals surface area contributed by atoms with Gasteiger partial charge in [-0.3, -0.25) is 4.98 Å². The summed E-state index contributed by atoms with van der Waals surface area (Å²) in [5.74, 6) is 0.880. The maximum Gasteiger partial charge on any atom is 0.236 e. The number of hydrogen-bond donors (Lipinski definition) is 0. The summed E-state index contributed by atoms with van der Waals surface area (Å²) in [5, 5.41) is 1.35. The summed E-state index contributed by atoms with van der Waals surface area (Å²) in [5.41, 5.74) is 2.07. The quantitative estimate of drug-likeness (QED) is 0.684. The largest absolute Gasteiger partial charge is 0.490 e. The Morgan fingerprint density at radius 1 is 0.935 bits per heavy atom. The Bertz CT molecular complexity index is 961. The van der Waals surface area contributed by atoms with Gasteiger partial charge in [0, 0.05) is 50.0 Å². The topological polar surface area (TPSA) is 62.7 Å². The number of ether oxygens (including phenoxy) is 1. The van der Waals surface area contributed by atoms with Gasteiger partial charge in [-0.2, -0.15) is 4.31 Å². The lowest BCUT2D eigenvalue weighted by Crippen LogP contribution is -2.49. The summed E-state index contributed by atoms with van der Waals surface area (Å²) in [6, 6.07) is 12.1. The number of rotatable bonds is 6. The molecular formula is C24H31N3O3S. The summed E-state index contributed by atoms with van der Waals surface area (Å²) in [6.07, 6.45) is 9.20. The molecule has 1 aromatic carbocycles. The molecule has 2 fully saturated rings. The molecule has 6 nitrogen and oxygen atoms in total. The van der Waals surface area contributed by atoms with E-state index < -0.39 is 10.0 Å². The standard InChI is InChI=1S/C24H31N3O3S/c1-20-2-4-21(5-3-20)12-19-31(28,29)27-17-8-22(9-18-27)26-15-10-24(11-16-26)30-23-6-13-25-14-7-23/h2-7,12-14,19,22,24H,8-11,15-18H2,1H3. The Hall–Kier alpha value is -2.22. The minimum atomic E-state index is -3.38. The highest BCUT2D eigenvalue weighted by molar-refractivity contribution is 7.92. The van der Waals surface area contributed by atoms with E-state index in [0.29, 0.717) is 19.1 Å². The molecule has 1 aromatic heterocycles. The molecule has 2 aliphatic rings. The van der Waals surface area contributed by atoms with Crippen molar-refractivity contribution in [2.75, 3.05) is 26.2 Å². The Morgan fingerprint density at radius 2 is 1.58 bits per heavy atom. The molecular weight excluding hydrogens is 410 g/mol. The second-order valence-electron chi connectivity index (χ2n) is 8.42. The lowest BCUT2D eigenvalue weighted by atomic mass is 10.00. The van der Waals surface area contributed by atoms with Crippen molar-refractivity contribution < 1.29 is 13.2 Å². The maximum atomic E-state index is 12.7. The van der Waals surface area contributed by atoms with E-state index in [9.17, 15) is 8.42 Å². The van der Waals surface area contributed by atoms with E-state index in [0.717, 1.165) is 55.6 Å². The molecule has 0 N–H and O–H groups in total. The van der Waals surface area contributed by atoms with Crippen LogP contribution in [0.2, 0.25) is 0 Å². The monoisotopic (exact) mass is 441 g/mol. The van der Waals surface area contributed by atoms with Gasteiger partial charge >= 0.3 is 0 Å². The first kappa shape index (κ1) is 22.0. The zero-order valence-electron chi connectivity index (χ0n) is 18.1.